The number of rotatable bonds is 4. The fraction of sp³-hybridized carbons (Fsp3) is 0.500. The molecule has 0 spiro atoms. The molecule has 0 aliphatic carbocycles. The van der Waals surface area contributed by atoms with Gasteiger partial charge in [0.25, 0.3) is 5.69 Å². The molecule has 0 aromatic heterocycles. The molecule has 132 valence electrons. The third kappa shape index (κ3) is 3.36. The van der Waals surface area contributed by atoms with Gasteiger partial charge in [0.2, 0.25) is 0 Å². The molecule has 1 aliphatic rings. The summed E-state index contributed by atoms with van der Waals surface area (Å²) in [7, 11) is 0.341. The molecule has 0 saturated carbocycles. The van der Waals surface area contributed by atoms with E-state index in [9.17, 15) is 20.2 Å². The van der Waals surface area contributed by atoms with Gasteiger partial charge in [-0.15, -0.1) is 0 Å². The lowest BCUT2D eigenvalue weighted by Crippen LogP contribution is -2.41. The van der Waals surface area contributed by atoms with Crippen LogP contribution in [0.4, 0.5) is 5.69 Å². The van der Waals surface area contributed by atoms with E-state index in [1.807, 2.05) is 27.7 Å². The number of ether oxygens (including phenoxy) is 1. The summed E-state index contributed by atoms with van der Waals surface area (Å²) in [5.74, 6) is -2.23. The van der Waals surface area contributed by atoms with Crippen LogP contribution in [0, 0.1) is 21.4 Å². The van der Waals surface area contributed by atoms with Crippen molar-refractivity contribution in [3.63, 3.8) is 0 Å². The van der Waals surface area contributed by atoms with Gasteiger partial charge in [0.15, 0.2) is 5.92 Å². The minimum absolute atomic E-state index is 0.0281. The Balaban J connectivity index is 2.46. The molecule has 1 aliphatic heterocycles. The molecule has 0 radical (unpaired) electrons. The summed E-state index contributed by atoms with van der Waals surface area (Å²) >= 11 is 0. The summed E-state index contributed by atoms with van der Waals surface area (Å²) in [5.41, 5.74) is -1.13. The molecule has 0 N–H and O–H groups in total. The molecule has 0 bridgehead atoms. The van der Waals surface area contributed by atoms with E-state index >= 15 is 0 Å². The summed E-state index contributed by atoms with van der Waals surface area (Å²) in [6, 6.07) is 5.92. The lowest BCUT2D eigenvalue weighted by atomic mass is 9.77. The molecule has 8 nitrogen and oxygen atoms in total. The number of hydrogen-bond donors (Lipinski definition) is 0. The number of esters is 1. The van der Waals surface area contributed by atoms with Crippen LogP contribution in [-0.2, 0) is 18.8 Å². The summed E-state index contributed by atoms with van der Waals surface area (Å²) in [4.78, 5) is 22.5. The molecule has 0 unspecified atom stereocenters. The highest BCUT2D eigenvalue weighted by Crippen LogP contribution is 2.37. The SMILES string of the molecule is COC(=O)[C@@H](C#N)c1ccc(B2OC(C)(C)C(C)(C)O2)cc1[N+](=O)[O-]. The third-order valence-electron chi connectivity index (χ3n) is 4.65. The molecule has 1 saturated heterocycles. The van der Waals surface area contributed by atoms with Crippen molar-refractivity contribution >= 4 is 24.2 Å². The van der Waals surface area contributed by atoms with Gasteiger partial charge < -0.3 is 14.0 Å². The Hall–Kier alpha value is -2.44. The quantitative estimate of drug-likeness (QED) is 0.353. The molecule has 1 heterocycles. The zero-order chi connectivity index (χ0) is 19.0. The predicted molar refractivity (Wildman–Crippen MR) is 89.2 cm³/mol. The topological polar surface area (TPSA) is 112 Å². The molecule has 1 fully saturated rings. The maximum atomic E-state index is 11.7. The van der Waals surface area contributed by atoms with E-state index in [0.717, 1.165) is 7.11 Å². The zero-order valence-electron chi connectivity index (χ0n) is 14.7. The monoisotopic (exact) mass is 346 g/mol. The second kappa shape index (κ2) is 6.46. The van der Waals surface area contributed by atoms with Gasteiger partial charge in [-0.05, 0) is 33.2 Å². The van der Waals surface area contributed by atoms with Crippen molar-refractivity contribution in [2.45, 2.75) is 44.8 Å². The number of hydrogen-bond acceptors (Lipinski definition) is 7. The van der Waals surface area contributed by atoms with Crippen LogP contribution < -0.4 is 5.46 Å². The standard InChI is InChI=1S/C16H19BN2O6/c1-15(2)16(3,4)25-17(24-15)10-6-7-11(13(8-10)19(21)22)12(9-18)14(20)23-5/h6-8,12H,1-5H3/t12-/m0/s1. The number of carbonyl (C=O) groups excluding carboxylic acids is 1. The first-order valence-corrected chi connectivity index (χ1v) is 7.65. The molecule has 9 heteroatoms. The summed E-state index contributed by atoms with van der Waals surface area (Å²) < 4.78 is 16.3. The first-order chi connectivity index (χ1) is 11.5. The molecule has 0 amide bonds. The van der Waals surface area contributed by atoms with E-state index in [0.29, 0.717) is 5.46 Å². The number of nitrogens with zero attached hydrogens (tertiary/aromatic N) is 2. The van der Waals surface area contributed by atoms with Crippen molar-refractivity contribution < 1.29 is 23.8 Å². The Morgan fingerprint density at radius 1 is 1.32 bits per heavy atom. The average Bonchev–Trinajstić information content (AvgIpc) is 2.75. The van der Waals surface area contributed by atoms with Crippen molar-refractivity contribution in [2.24, 2.45) is 0 Å². The smallest absolute Gasteiger partial charge is 0.468 e. The Morgan fingerprint density at radius 2 is 1.88 bits per heavy atom. The van der Waals surface area contributed by atoms with Gasteiger partial charge in [-0.1, -0.05) is 12.1 Å². The van der Waals surface area contributed by atoms with Gasteiger partial charge in [0.05, 0.1) is 34.9 Å². The van der Waals surface area contributed by atoms with Crippen LogP contribution in [0.5, 0.6) is 0 Å². The van der Waals surface area contributed by atoms with Crippen LogP contribution in [0.1, 0.15) is 39.2 Å². The Kier molecular flexibility index (Phi) is 4.89. The molecule has 25 heavy (non-hydrogen) atoms. The fourth-order valence-electron chi connectivity index (χ4n) is 2.46. The summed E-state index contributed by atoms with van der Waals surface area (Å²) in [5, 5.41) is 20.6. The van der Waals surface area contributed by atoms with Gasteiger partial charge in [0.1, 0.15) is 0 Å². The molecule has 1 atom stereocenters. The fourth-order valence-corrected chi connectivity index (χ4v) is 2.46. The lowest BCUT2D eigenvalue weighted by molar-refractivity contribution is -0.385. The van der Waals surface area contributed by atoms with Crippen LogP contribution in [0.3, 0.4) is 0 Å². The Bertz CT molecular complexity index is 739. The minimum Gasteiger partial charge on any atom is -0.468 e. The van der Waals surface area contributed by atoms with Crippen LogP contribution in [-0.4, -0.2) is 36.3 Å². The summed E-state index contributed by atoms with van der Waals surface area (Å²) in [6.45, 7) is 7.50. The van der Waals surface area contributed by atoms with Crippen LogP contribution in [0.25, 0.3) is 0 Å². The third-order valence-corrected chi connectivity index (χ3v) is 4.65. The number of methoxy groups -OCH3 is 1. The number of nitro benzene ring substituents is 1. The van der Waals surface area contributed by atoms with Gasteiger partial charge in [-0.2, -0.15) is 5.26 Å². The molecular formula is C16H19BN2O6. The summed E-state index contributed by atoms with van der Waals surface area (Å²) in [6.07, 6.45) is 0. The van der Waals surface area contributed by atoms with Gasteiger partial charge in [0, 0.05) is 6.07 Å². The highest BCUT2D eigenvalue weighted by atomic mass is 16.7. The normalized spacial score (nSPS) is 19.1. The van der Waals surface area contributed by atoms with Gasteiger partial charge >= 0.3 is 13.1 Å². The van der Waals surface area contributed by atoms with Crippen molar-refractivity contribution in [1.82, 2.24) is 0 Å². The second-order valence-corrected chi connectivity index (χ2v) is 6.75. The van der Waals surface area contributed by atoms with E-state index < -0.39 is 35.1 Å². The van der Waals surface area contributed by atoms with E-state index in [1.165, 1.54) is 12.1 Å². The number of nitriles is 1. The highest BCUT2D eigenvalue weighted by Gasteiger charge is 2.52. The molecule has 1 aromatic carbocycles. The molecule has 1 aromatic rings. The van der Waals surface area contributed by atoms with Crippen molar-refractivity contribution in [1.29, 1.82) is 5.26 Å². The zero-order valence-corrected chi connectivity index (χ0v) is 14.7. The predicted octanol–water partition coefficient (Wildman–Crippen LogP) is 1.67. The second-order valence-electron chi connectivity index (χ2n) is 6.75. The minimum atomic E-state index is -1.38. The van der Waals surface area contributed by atoms with Gasteiger partial charge in [-0.3, -0.25) is 14.9 Å². The van der Waals surface area contributed by atoms with Crippen LogP contribution in [0.15, 0.2) is 18.2 Å². The van der Waals surface area contributed by atoms with E-state index in [1.54, 1.807) is 12.1 Å². The van der Waals surface area contributed by atoms with Crippen molar-refractivity contribution in [3.8, 4) is 6.07 Å². The van der Waals surface area contributed by atoms with Gasteiger partial charge in [-0.25, -0.2) is 0 Å². The van der Waals surface area contributed by atoms with Crippen molar-refractivity contribution in [2.75, 3.05) is 7.11 Å². The van der Waals surface area contributed by atoms with E-state index in [2.05, 4.69) is 4.74 Å². The average molecular weight is 346 g/mol. The van der Waals surface area contributed by atoms with E-state index in [-0.39, 0.29) is 11.3 Å². The first kappa shape index (κ1) is 18.9. The lowest BCUT2D eigenvalue weighted by Gasteiger charge is -2.32. The maximum absolute atomic E-state index is 11.7. The highest BCUT2D eigenvalue weighted by molar-refractivity contribution is 6.62. The number of carbonyl (C=O) groups is 1. The molecular weight excluding hydrogens is 327 g/mol. The van der Waals surface area contributed by atoms with Crippen LogP contribution in [0.2, 0.25) is 0 Å². The Labute approximate surface area is 146 Å². The Morgan fingerprint density at radius 3 is 2.32 bits per heavy atom. The van der Waals surface area contributed by atoms with Crippen LogP contribution >= 0.6 is 0 Å². The van der Waals surface area contributed by atoms with Crippen molar-refractivity contribution in [3.05, 3.63) is 33.9 Å². The number of nitro groups is 1. The first-order valence-electron chi connectivity index (χ1n) is 7.65. The maximum Gasteiger partial charge on any atom is 0.495 e. The van der Waals surface area contributed by atoms with E-state index in [4.69, 9.17) is 9.31 Å². The largest absolute Gasteiger partial charge is 0.495 e. The number of benzene rings is 1. The molecule has 2 rings (SSSR count).